The van der Waals surface area contributed by atoms with Crippen LogP contribution in [0.2, 0.25) is 0 Å². The molecule has 1 aromatic carbocycles. The van der Waals surface area contributed by atoms with Crippen LogP contribution in [-0.2, 0) is 0 Å². The molecule has 0 amide bonds. The fraction of sp³-hybridized carbons (Fsp3) is 0. The van der Waals surface area contributed by atoms with E-state index in [4.69, 9.17) is 5.11 Å². The molecule has 112 valence electrons. The lowest BCUT2D eigenvalue weighted by Gasteiger charge is -1.98. The lowest BCUT2D eigenvalue weighted by molar-refractivity contribution is 0.0643. The van der Waals surface area contributed by atoms with Crippen molar-refractivity contribution in [1.82, 2.24) is 24.7 Å². The van der Waals surface area contributed by atoms with E-state index in [1.54, 1.807) is 16.8 Å². The SMILES string of the molecule is O=C(O)c1nc(-c2cccc(-c3cn4ncccc4n3)c2)no1. The predicted molar refractivity (Wildman–Crippen MR) is 78.7 cm³/mol. The van der Waals surface area contributed by atoms with Gasteiger partial charge in [0.25, 0.3) is 0 Å². The highest BCUT2D eigenvalue weighted by Crippen LogP contribution is 2.24. The van der Waals surface area contributed by atoms with Gasteiger partial charge in [-0.05, 0) is 18.2 Å². The molecule has 0 unspecified atom stereocenters. The first-order chi connectivity index (χ1) is 11.2. The third kappa shape index (κ3) is 2.31. The number of fused-ring (bicyclic) bond motifs is 1. The Morgan fingerprint density at radius 2 is 2.00 bits per heavy atom. The second-order valence-corrected chi connectivity index (χ2v) is 4.76. The highest BCUT2D eigenvalue weighted by atomic mass is 16.5. The van der Waals surface area contributed by atoms with E-state index < -0.39 is 11.9 Å². The Kier molecular flexibility index (Phi) is 2.87. The maximum absolute atomic E-state index is 10.8. The number of aromatic nitrogens is 5. The first kappa shape index (κ1) is 13.1. The van der Waals surface area contributed by atoms with Crippen molar-refractivity contribution in [2.45, 2.75) is 0 Å². The van der Waals surface area contributed by atoms with Gasteiger partial charge in [-0.3, -0.25) is 0 Å². The average molecular weight is 307 g/mol. The number of imidazole rings is 1. The second-order valence-electron chi connectivity index (χ2n) is 4.76. The fourth-order valence-corrected chi connectivity index (χ4v) is 2.22. The molecule has 4 rings (SSSR count). The summed E-state index contributed by atoms with van der Waals surface area (Å²) in [6, 6.07) is 11.0. The van der Waals surface area contributed by atoms with Crippen molar-refractivity contribution in [3.63, 3.8) is 0 Å². The first-order valence-electron chi connectivity index (χ1n) is 6.69. The van der Waals surface area contributed by atoms with Crippen LogP contribution in [0.15, 0.2) is 53.3 Å². The Morgan fingerprint density at radius 3 is 2.78 bits per heavy atom. The number of benzene rings is 1. The topological polar surface area (TPSA) is 106 Å². The van der Waals surface area contributed by atoms with Gasteiger partial charge in [0.05, 0.1) is 11.9 Å². The van der Waals surface area contributed by atoms with Gasteiger partial charge in [-0.2, -0.15) is 10.1 Å². The molecular formula is C15H9N5O3. The van der Waals surface area contributed by atoms with Crippen molar-refractivity contribution in [3.05, 3.63) is 54.7 Å². The third-order valence-corrected chi connectivity index (χ3v) is 3.26. The van der Waals surface area contributed by atoms with Gasteiger partial charge in [-0.15, -0.1) is 0 Å². The van der Waals surface area contributed by atoms with Gasteiger partial charge in [0.15, 0.2) is 5.65 Å². The molecule has 23 heavy (non-hydrogen) atoms. The number of nitrogens with zero attached hydrogens (tertiary/aromatic N) is 5. The summed E-state index contributed by atoms with van der Waals surface area (Å²) in [7, 11) is 0. The monoisotopic (exact) mass is 307 g/mol. The maximum atomic E-state index is 10.8. The van der Waals surface area contributed by atoms with Crippen molar-refractivity contribution >= 4 is 11.6 Å². The van der Waals surface area contributed by atoms with Crippen molar-refractivity contribution in [2.75, 3.05) is 0 Å². The zero-order valence-electron chi connectivity index (χ0n) is 11.6. The molecule has 0 spiro atoms. The zero-order chi connectivity index (χ0) is 15.8. The molecule has 8 nitrogen and oxygen atoms in total. The Labute approximate surface area is 129 Å². The van der Waals surface area contributed by atoms with Gasteiger partial charge in [0.1, 0.15) is 0 Å². The summed E-state index contributed by atoms with van der Waals surface area (Å²) < 4.78 is 6.36. The lowest BCUT2D eigenvalue weighted by atomic mass is 10.1. The summed E-state index contributed by atoms with van der Waals surface area (Å²) in [5.41, 5.74) is 2.96. The van der Waals surface area contributed by atoms with E-state index in [0.717, 1.165) is 16.9 Å². The first-order valence-corrected chi connectivity index (χ1v) is 6.69. The third-order valence-electron chi connectivity index (χ3n) is 3.26. The van der Waals surface area contributed by atoms with E-state index in [9.17, 15) is 4.79 Å². The molecule has 0 aliphatic heterocycles. The molecule has 0 saturated heterocycles. The van der Waals surface area contributed by atoms with Gasteiger partial charge in [-0.25, -0.2) is 14.3 Å². The van der Waals surface area contributed by atoms with Gasteiger partial charge < -0.3 is 9.63 Å². The van der Waals surface area contributed by atoms with Crippen molar-refractivity contribution in [1.29, 1.82) is 0 Å². The van der Waals surface area contributed by atoms with Gasteiger partial charge in [-0.1, -0.05) is 23.4 Å². The van der Waals surface area contributed by atoms with Crippen LogP contribution in [0.3, 0.4) is 0 Å². The molecule has 3 heterocycles. The minimum atomic E-state index is -1.26. The molecule has 0 aliphatic rings. The summed E-state index contributed by atoms with van der Waals surface area (Å²) >= 11 is 0. The number of carbonyl (C=O) groups is 1. The van der Waals surface area contributed by atoms with Gasteiger partial charge in [0.2, 0.25) is 5.82 Å². The molecule has 0 saturated carbocycles. The zero-order valence-corrected chi connectivity index (χ0v) is 11.6. The average Bonchev–Trinajstić information content (AvgIpc) is 3.22. The lowest BCUT2D eigenvalue weighted by Crippen LogP contribution is -1.95. The Bertz CT molecular complexity index is 988. The number of rotatable bonds is 3. The molecule has 0 radical (unpaired) electrons. The summed E-state index contributed by atoms with van der Waals surface area (Å²) in [4.78, 5) is 19.2. The van der Waals surface area contributed by atoms with E-state index in [2.05, 4.69) is 24.7 Å². The van der Waals surface area contributed by atoms with Crippen LogP contribution >= 0.6 is 0 Å². The van der Waals surface area contributed by atoms with Crippen LogP contribution in [0.25, 0.3) is 28.3 Å². The summed E-state index contributed by atoms with van der Waals surface area (Å²) in [5, 5.41) is 16.7. The Hall–Kier alpha value is -3.55. The molecule has 0 fully saturated rings. The van der Waals surface area contributed by atoms with Crippen LogP contribution in [0.4, 0.5) is 0 Å². The molecule has 0 aliphatic carbocycles. The number of carboxylic acids is 1. The number of hydrogen-bond donors (Lipinski definition) is 1. The minimum absolute atomic E-state index is 0.214. The molecule has 8 heteroatoms. The van der Waals surface area contributed by atoms with E-state index >= 15 is 0 Å². The summed E-state index contributed by atoms with van der Waals surface area (Å²) in [5.74, 6) is -1.49. The number of hydrogen-bond acceptors (Lipinski definition) is 6. The normalized spacial score (nSPS) is 11.0. The molecule has 3 aromatic heterocycles. The highest BCUT2D eigenvalue weighted by Gasteiger charge is 2.15. The van der Waals surface area contributed by atoms with E-state index in [1.165, 1.54) is 0 Å². The molecule has 1 N–H and O–H groups in total. The minimum Gasteiger partial charge on any atom is -0.474 e. The van der Waals surface area contributed by atoms with Crippen LogP contribution in [0.1, 0.15) is 10.7 Å². The number of aromatic carboxylic acids is 1. The van der Waals surface area contributed by atoms with Crippen LogP contribution < -0.4 is 0 Å². The maximum Gasteiger partial charge on any atom is 0.394 e. The van der Waals surface area contributed by atoms with E-state index in [0.29, 0.717) is 5.56 Å². The van der Waals surface area contributed by atoms with Gasteiger partial charge in [0, 0.05) is 17.3 Å². The Morgan fingerprint density at radius 1 is 1.13 bits per heavy atom. The highest BCUT2D eigenvalue weighted by molar-refractivity contribution is 5.82. The van der Waals surface area contributed by atoms with E-state index in [-0.39, 0.29) is 5.82 Å². The van der Waals surface area contributed by atoms with Crippen LogP contribution in [0.5, 0.6) is 0 Å². The smallest absolute Gasteiger partial charge is 0.394 e. The van der Waals surface area contributed by atoms with Crippen molar-refractivity contribution in [3.8, 4) is 22.6 Å². The van der Waals surface area contributed by atoms with E-state index in [1.807, 2.05) is 36.5 Å². The molecule has 4 aromatic rings. The fourth-order valence-electron chi connectivity index (χ4n) is 2.22. The van der Waals surface area contributed by atoms with Crippen molar-refractivity contribution in [2.24, 2.45) is 0 Å². The molecule has 0 atom stereocenters. The predicted octanol–water partition coefficient (Wildman–Crippen LogP) is 2.14. The standard InChI is InChI=1S/C15H9N5O3/c21-15(22)14-18-13(19-23-14)10-4-1-3-9(7-10)11-8-20-12(17-11)5-2-6-16-20/h1-8H,(H,21,22). The molecular weight excluding hydrogens is 298 g/mol. The van der Waals surface area contributed by atoms with Crippen LogP contribution in [-0.4, -0.2) is 35.8 Å². The summed E-state index contributed by atoms with van der Waals surface area (Å²) in [6.07, 6.45) is 3.50. The quantitative estimate of drug-likeness (QED) is 0.618. The second kappa shape index (κ2) is 5.02. The Balaban J connectivity index is 1.77. The van der Waals surface area contributed by atoms with Crippen LogP contribution in [0, 0.1) is 0 Å². The van der Waals surface area contributed by atoms with Crippen molar-refractivity contribution < 1.29 is 14.4 Å². The summed E-state index contributed by atoms with van der Waals surface area (Å²) in [6.45, 7) is 0. The largest absolute Gasteiger partial charge is 0.474 e. The van der Waals surface area contributed by atoms with Gasteiger partial charge >= 0.3 is 11.9 Å². The number of carboxylic acid groups (broad SMARTS) is 1. The molecule has 0 bridgehead atoms.